The summed E-state index contributed by atoms with van der Waals surface area (Å²) in [7, 11) is 5.98. The fourth-order valence-electron chi connectivity index (χ4n) is 3.40. The number of aliphatic carboxylic acids is 2. The van der Waals surface area contributed by atoms with Crippen molar-refractivity contribution in [1.82, 2.24) is 19.6 Å². The highest BCUT2D eigenvalue weighted by atomic mass is 16.6. The molecule has 1 aliphatic rings. The summed E-state index contributed by atoms with van der Waals surface area (Å²) in [5.74, 6) is -1.84. The van der Waals surface area contributed by atoms with Gasteiger partial charge in [-0.1, -0.05) is 12.1 Å². The van der Waals surface area contributed by atoms with Gasteiger partial charge in [0, 0.05) is 78.1 Å². The molecule has 1 heterocycles. The molecule has 170 valence electrons. The van der Waals surface area contributed by atoms with Crippen molar-refractivity contribution in [3.05, 3.63) is 47.0 Å². The largest absolute Gasteiger partial charge is 0.480 e. The van der Waals surface area contributed by atoms with Crippen molar-refractivity contribution in [2.45, 2.75) is 6.54 Å². The van der Waals surface area contributed by atoms with Gasteiger partial charge in [0.25, 0.3) is 5.69 Å². The number of carbonyl (C=O) groups is 2. The van der Waals surface area contributed by atoms with E-state index in [9.17, 15) is 24.8 Å². The van der Waals surface area contributed by atoms with Gasteiger partial charge in [-0.05, 0) is 5.56 Å². The number of carboxylic acid groups (broad SMARTS) is 2. The van der Waals surface area contributed by atoms with Crippen LogP contribution in [0.4, 0.5) is 5.69 Å². The minimum absolute atomic E-state index is 0.0116. The van der Waals surface area contributed by atoms with Crippen LogP contribution in [-0.4, -0.2) is 112 Å². The molecule has 0 bridgehead atoms. The zero-order valence-electron chi connectivity index (χ0n) is 17.4. The zero-order chi connectivity index (χ0) is 22.8. The molecule has 11 nitrogen and oxygen atoms in total. The number of nitrogens with zero attached hydrogens (tertiary/aromatic N) is 5. The summed E-state index contributed by atoms with van der Waals surface area (Å²) >= 11 is 0. The zero-order valence-corrected chi connectivity index (χ0v) is 17.4. The average molecular weight is 435 g/mol. The SMILES string of the molecule is [CH]N1CCN(CCN(CC(=O)O)Cc2ccc([N+](=O)[O-])cc2)CCN(CC(=O)O)CC1. The van der Waals surface area contributed by atoms with E-state index >= 15 is 0 Å². The average Bonchev–Trinajstić information content (AvgIpc) is 2.78. The fraction of sp³-hybridized carbons (Fsp3) is 0.550. The Morgan fingerprint density at radius 1 is 1.00 bits per heavy atom. The van der Waals surface area contributed by atoms with Gasteiger partial charge >= 0.3 is 11.9 Å². The fourth-order valence-corrected chi connectivity index (χ4v) is 3.40. The molecule has 11 heteroatoms. The molecule has 2 rings (SSSR count). The Morgan fingerprint density at radius 2 is 1.58 bits per heavy atom. The summed E-state index contributed by atoms with van der Waals surface area (Å²) in [5, 5.41) is 29.1. The lowest BCUT2D eigenvalue weighted by atomic mass is 10.2. The molecule has 31 heavy (non-hydrogen) atoms. The Bertz CT molecular complexity index is 744. The molecule has 2 N–H and O–H groups in total. The summed E-state index contributed by atoms with van der Waals surface area (Å²) in [6, 6.07) is 6.07. The summed E-state index contributed by atoms with van der Waals surface area (Å²) < 4.78 is 0. The molecule has 0 unspecified atom stereocenters. The van der Waals surface area contributed by atoms with Crippen LogP contribution in [-0.2, 0) is 16.1 Å². The van der Waals surface area contributed by atoms with Crippen LogP contribution >= 0.6 is 0 Å². The van der Waals surface area contributed by atoms with Crippen LogP contribution in [0.25, 0.3) is 0 Å². The summed E-state index contributed by atoms with van der Waals surface area (Å²) in [6.07, 6.45) is 0. The van der Waals surface area contributed by atoms with Crippen LogP contribution in [0.5, 0.6) is 0 Å². The van der Waals surface area contributed by atoms with E-state index in [1.165, 1.54) is 12.1 Å². The number of rotatable bonds is 10. The molecule has 2 radical (unpaired) electrons. The Labute approximate surface area is 181 Å². The predicted octanol–water partition coefficient (Wildman–Crippen LogP) is 0.154. The highest BCUT2D eigenvalue weighted by Gasteiger charge is 2.18. The molecule has 1 aromatic rings. The van der Waals surface area contributed by atoms with E-state index in [-0.39, 0.29) is 18.8 Å². The third-order valence-electron chi connectivity index (χ3n) is 5.14. The van der Waals surface area contributed by atoms with Gasteiger partial charge in [0.2, 0.25) is 0 Å². The molecule has 0 amide bonds. The van der Waals surface area contributed by atoms with E-state index in [2.05, 4.69) is 4.90 Å². The quantitative estimate of drug-likeness (QED) is 0.387. The molecule has 0 aliphatic carbocycles. The number of hydrogen-bond acceptors (Lipinski definition) is 8. The van der Waals surface area contributed by atoms with E-state index in [0.29, 0.717) is 58.9 Å². The van der Waals surface area contributed by atoms with Crippen molar-refractivity contribution < 1.29 is 24.7 Å². The second-order valence-electron chi connectivity index (χ2n) is 7.58. The van der Waals surface area contributed by atoms with Gasteiger partial charge in [0.1, 0.15) is 0 Å². The van der Waals surface area contributed by atoms with Crippen LogP contribution in [0.2, 0.25) is 0 Å². The first-order valence-corrected chi connectivity index (χ1v) is 10.1. The third-order valence-corrected chi connectivity index (χ3v) is 5.14. The Balaban J connectivity index is 1.97. The molecular weight excluding hydrogens is 406 g/mol. The minimum atomic E-state index is -0.952. The van der Waals surface area contributed by atoms with Gasteiger partial charge < -0.3 is 10.2 Å². The second kappa shape index (κ2) is 12.3. The molecule has 0 spiro atoms. The van der Waals surface area contributed by atoms with Crippen LogP contribution in [0.15, 0.2) is 24.3 Å². The maximum atomic E-state index is 11.3. The topological polar surface area (TPSA) is 131 Å². The van der Waals surface area contributed by atoms with Crippen molar-refractivity contribution >= 4 is 17.6 Å². The Kier molecular flexibility index (Phi) is 9.79. The molecule has 1 fully saturated rings. The van der Waals surface area contributed by atoms with Crippen LogP contribution in [0.1, 0.15) is 5.56 Å². The highest BCUT2D eigenvalue weighted by Crippen LogP contribution is 2.13. The van der Waals surface area contributed by atoms with Gasteiger partial charge in [-0.2, -0.15) is 0 Å². The van der Waals surface area contributed by atoms with Gasteiger partial charge in [-0.15, -0.1) is 0 Å². The van der Waals surface area contributed by atoms with E-state index < -0.39 is 16.9 Å². The number of benzene rings is 1. The van der Waals surface area contributed by atoms with Crippen molar-refractivity contribution in [2.24, 2.45) is 0 Å². The van der Waals surface area contributed by atoms with Crippen molar-refractivity contribution in [3.63, 3.8) is 0 Å². The summed E-state index contributed by atoms with van der Waals surface area (Å²) in [4.78, 5) is 40.1. The van der Waals surface area contributed by atoms with Gasteiger partial charge in [0.05, 0.1) is 18.0 Å². The maximum absolute atomic E-state index is 11.3. The third kappa shape index (κ3) is 9.39. The number of hydrogen-bond donors (Lipinski definition) is 2. The van der Waals surface area contributed by atoms with E-state index in [1.807, 2.05) is 4.90 Å². The molecular formula is C20H29N5O6. The first-order valence-electron chi connectivity index (χ1n) is 10.1. The highest BCUT2D eigenvalue weighted by molar-refractivity contribution is 5.69. The number of nitro groups is 1. The number of carboxylic acids is 2. The van der Waals surface area contributed by atoms with Crippen molar-refractivity contribution in [3.8, 4) is 0 Å². The summed E-state index contributed by atoms with van der Waals surface area (Å²) in [5.41, 5.74) is 0.777. The molecule has 1 aliphatic heterocycles. The predicted molar refractivity (Wildman–Crippen MR) is 112 cm³/mol. The van der Waals surface area contributed by atoms with E-state index in [1.54, 1.807) is 21.9 Å². The monoisotopic (exact) mass is 435 g/mol. The van der Waals surface area contributed by atoms with E-state index in [0.717, 1.165) is 5.56 Å². The molecule has 0 saturated carbocycles. The second-order valence-corrected chi connectivity index (χ2v) is 7.58. The number of nitro benzene ring substituents is 1. The maximum Gasteiger partial charge on any atom is 0.317 e. The van der Waals surface area contributed by atoms with Crippen LogP contribution < -0.4 is 0 Å². The van der Waals surface area contributed by atoms with Crippen molar-refractivity contribution in [1.29, 1.82) is 0 Å². The van der Waals surface area contributed by atoms with Crippen LogP contribution in [0.3, 0.4) is 0 Å². The van der Waals surface area contributed by atoms with Crippen molar-refractivity contribution in [2.75, 3.05) is 65.4 Å². The lowest BCUT2D eigenvalue weighted by Crippen LogP contribution is -2.42. The first-order chi connectivity index (χ1) is 14.7. The normalized spacial score (nSPS) is 17.1. The molecule has 0 atom stereocenters. The van der Waals surface area contributed by atoms with Gasteiger partial charge in [0.15, 0.2) is 0 Å². The van der Waals surface area contributed by atoms with E-state index in [4.69, 9.17) is 12.2 Å². The minimum Gasteiger partial charge on any atom is -0.480 e. The van der Waals surface area contributed by atoms with Crippen LogP contribution in [0, 0.1) is 17.2 Å². The standard InChI is InChI=1S/C20H29N5O6/c1-21-6-8-22(10-12-23(9-7-21)15-19(26)27)11-13-24(16-20(28)29)14-17-2-4-18(5-3-17)25(30)31/h1-5H,6-16H2,(H,26,27)(H,28,29). The lowest BCUT2D eigenvalue weighted by molar-refractivity contribution is -0.384. The lowest BCUT2D eigenvalue weighted by Gasteiger charge is -2.28. The molecule has 1 aromatic carbocycles. The van der Waals surface area contributed by atoms with Gasteiger partial charge in [-0.25, -0.2) is 0 Å². The Hall–Kier alpha value is -2.60. The Morgan fingerprint density at radius 3 is 2.16 bits per heavy atom. The van der Waals surface area contributed by atoms with Gasteiger partial charge in [-0.3, -0.25) is 39.3 Å². The number of non-ortho nitro benzene ring substituents is 1. The first kappa shape index (κ1) is 24.7. The molecule has 0 aromatic heterocycles. The summed E-state index contributed by atoms with van der Waals surface area (Å²) in [6.45, 7) is 4.92. The molecule has 1 saturated heterocycles. The smallest absolute Gasteiger partial charge is 0.317 e.